The Morgan fingerprint density at radius 1 is 0.923 bits per heavy atom. The molecule has 0 N–H and O–H groups in total. The van der Waals surface area contributed by atoms with Gasteiger partial charge in [-0.15, -0.1) is 0 Å². The Bertz CT molecular complexity index is 683. The van der Waals surface area contributed by atoms with Gasteiger partial charge in [0.05, 0.1) is 31.2 Å². The number of ether oxygens (including phenoxy) is 6. The molecule has 6 atom stereocenters. The summed E-state index contributed by atoms with van der Waals surface area (Å²) in [6.07, 6.45) is -0.602. The molecule has 0 aromatic heterocycles. The van der Waals surface area contributed by atoms with Crippen LogP contribution in [0.3, 0.4) is 0 Å². The second-order valence-corrected chi connectivity index (χ2v) is 8.50. The van der Waals surface area contributed by atoms with Crippen LogP contribution in [-0.2, 0) is 35.0 Å². The summed E-state index contributed by atoms with van der Waals surface area (Å²) in [6, 6.07) is 10.1. The van der Waals surface area contributed by atoms with E-state index < -0.39 is 23.7 Å². The summed E-state index contributed by atoms with van der Waals surface area (Å²) >= 11 is 0. The normalized spacial score (nSPS) is 44.7. The number of hydrogen-bond donors (Lipinski definition) is 0. The lowest BCUT2D eigenvalue weighted by atomic mass is 10.1. The van der Waals surface area contributed by atoms with Gasteiger partial charge in [-0.1, -0.05) is 30.3 Å². The number of rotatable bonds is 4. The standard InChI is InChI=1S/C20H26O6/c1-18(2)21-11-13(23-18)14-15-16-17(25-19(3,4)24-16)26-20(14,15)22-10-12-8-6-5-7-9-12/h5-9,13-17H,10-11H2,1-4H3/t13?,14-,15?,16?,17+,20?/m1/s1. The van der Waals surface area contributed by atoms with Crippen LogP contribution in [0.1, 0.15) is 33.3 Å². The molecule has 4 unspecified atom stereocenters. The molecule has 3 aliphatic heterocycles. The van der Waals surface area contributed by atoms with E-state index in [4.69, 9.17) is 28.4 Å². The Kier molecular flexibility index (Phi) is 3.62. The molecule has 6 nitrogen and oxygen atoms in total. The quantitative estimate of drug-likeness (QED) is 0.821. The molecule has 142 valence electrons. The SMILES string of the molecule is CC1(C)OCC([C@@H]2C3C4OC(C)(C)O[C@H]4OC32OCc2ccccc2)O1. The van der Waals surface area contributed by atoms with E-state index in [0.717, 1.165) is 5.56 Å². The monoisotopic (exact) mass is 362 g/mol. The van der Waals surface area contributed by atoms with Gasteiger partial charge in [-0.3, -0.25) is 0 Å². The predicted molar refractivity (Wildman–Crippen MR) is 90.8 cm³/mol. The first-order valence-corrected chi connectivity index (χ1v) is 9.33. The molecule has 3 saturated heterocycles. The van der Waals surface area contributed by atoms with Crippen molar-refractivity contribution >= 4 is 0 Å². The Hall–Kier alpha value is -1.02. The minimum absolute atomic E-state index is 0.0703. The van der Waals surface area contributed by atoms with E-state index in [0.29, 0.717) is 13.2 Å². The highest BCUT2D eigenvalue weighted by Crippen LogP contribution is 2.68. The summed E-state index contributed by atoms with van der Waals surface area (Å²) in [6.45, 7) is 8.71. The molecule has 6 heteroatoms. The maximum Gasteiger partial charge on any atom is 0.190 e. The predicted octanol–water partition coefficient (Wildman–Crippen LogP) is 2.80. The minimum Gasteiger partial charge on any atom is -0.348 e. The smallest absolute Gasteiger partial charge is 0.190 e. The van der Waals surface area contributed by atoms with Crippen LogP contribution in [0.15, 0.2) is 30.3 Å². The zero-order valence-corrected chi connectivity index (χ0v) is 15.6. The molecule has 0 amide bonds. The molecule has 0 radical (unpaired) electrons. The van der Waals surface area contributed by atoms with Crippen molar-refractivity contribution in [2.45, 2.75) is 70.2 Å². The molecule has 3 heterocycles. The Labute approximate surface area is 153 Å². The van der Waals surface area contributed by atoms with Crippen LogP contribution in [0.4, 0.5) is 0 Å². The van der Waals surface area contributed by atoms with E-state index in [9.17, 15) is 0 Å². The molecular formula is C20H26O6. The van der Waals surface area contributed by atoms with Crippen molar-refractivity contribution in [2.75, 3.05) is 6.61 Å². The van der Waals surface area contributed by atoms with Gasteiger partial charge in [0.2, 0.25) is 0 Å². The van der Waals surface area contributed by atoms with E-state index in [2.05, 4.69) is 0 Å². The second kappa shape index (κ2) is 5.50. The zero-order chi connectivity index (χ0) is 18.2. The van der Waals surface area contributed by atoms with Gasteiger partial charge in [0.1, 0.15) is 6.10 Å². The number of fused-ring (bicyclic) bond motifs is 3. The van der Waals surface area contributed by atoms with Crippen molar-refractivity contribution in [1.82, 2.24) is 0 Å². The van der Waals surface area contributed by atoms with Gasteiger partial charge in [0, 0.05) is 0 Å². The van der Waals surface area contributed by atoms with Gasteiger partial charge >= 0.3 is 0 Å². The summed E-state index contributed by atoms with van der Waals surface area (Å²) in [5, 5.41) is 0. The van der Waals surface area contributed by atoms with Crippen LogP contribution < -0.4 is 0 Å². The van der Waals surface area contributed by atoms with Gasteiger partial charge in [0.15, 0.2) is 23.7 Å². The lowest BCUT2D eigenvalue weighted by molar-refractivity contribution is -0.274. The largest absolute Gasteiger partial charge is 0.348 e. The summed E-state index contributed by atoms with van der Waals surface area (Å²) in [7, 11) is 0. The van der Waals surface area contributed by atoms with E-state index >= 15 is 0 Å². The third kappa shape index (κ3) is 2.63. The summed E-state index contributed by atoms with van der Waals surface area (Å²) in [5.41, 5.74) is 1.11. The molecule has 5 rings (SSSR count). The van der Waals surface area contributed by atoms with Crippen LogP contribution in [-0.4, -0.2) is 42.5 Å². The van der Waals surface area contributed by atoms with Gasteiger partial charge < -0.3 is 28.4 Å². The highest BCUT2D eigenvalue weighted by molar-refractivity contribution is 5.21. The van der Waals surface area contributed by atoms with Gasteiger partial charge in [-0.25, -0.2) is 0 Å². The van der Waals surface area contributed by atoms with Gasteiger partial charge in [-0.05, 0) is 33.3 Å². The third-order valence-corrected chi connectivity index (χ3v) is 5.69. The van der Waals surface area contributed by atoms with Crippen LogP contribution in [0.2, 0.25) is 0 Å². The van der Waals surface area contributed by atoms with E-state index in [1.807, 2.05) is 58.0 Å². The fourth-order valence-corrected chi connectivity index (χ4v) is 4.63. The average Bonchev–Trinajstić information content (AvgIpc) is 2.78. The zero-order valence-electron chi connectivity index (χ0n) is 15.6. The average molecular weight is 362 g/mol. The van der Waals surface area contributed by atoms with Crippen LogP contribution in [0.25, 0.3) is 0 Å². The van der Waals surface area contributed by atoms with Crippen molar-refractivity contribution in [3.8, 4) is 0 Å². The van der Waals surface area contributed by atoms with Crippen LogP contribution in [0.5, 0.6) is 0 Å². The molecule has 4 aliphatic rings. The Morgan fingerprint density at radius 2 is 1.69 bits per heavy atom. The third-order valence-electron chi connectivity index (χ3n) is 5.69. The van der Waals surface area contributed by atoms with E-state index in [-0.39, 0.29) is 24.0 Å². The number of benzene rings is 1. The van der Waals surface area contributed by atoms with E-state index in [1.165, 1.54) is 0 Å². The lowest BCUT2D eigenvalue weighted by Gasteiger charge is -2.24. The molecular weight excluding hydrogens is 336 g/mol. The number of hydrogen-bond acceptors (Lipinski definition) is 6. The summed E-state index contributed by atoms with van der Waals surface area (Å²) < 4.78 is 36.5. The van der Waals surface area contributed by atoms with Crippen LogP contribution >= 0.6 is 0 Å². The second-order valence-electron chi connectivity index (χ2n) is 8.50. The molecule has 0 bridgehead atoms. The molecule has 0 spiro atoms. The lowest BCUT2D eigenvalue weighted by Crippen LogP contribution is -2.34. The van der Waals surface area contributed by atoms with Crippen molar-refractivity contribution < 1.29 is 28.4 Å². The van der Waals surface area contributed by atoms with Crippen LogP contribution in [0, 0.1) is 11.8 Å². The van der Waals surface area contributed by atoms with Crippen molar-refractivity contribution in [3.05, 3.63) is 35.9 Å². The molecule has 4 fully saturated rings. The Balaban J connectivity index is 1.37. The fraction of sp³-hybridized carbons (Fsp3) is 0.700. The topological polar surface area (TPSA) is 55.4 Å². The van der Waals surface area contributed by atoms with Gasteiger partial charge in [0.25, 0.3) is 0 Å². The first-order chi connectivity index (χ1) is 12.3. The van der Waals surface area contributed by atoms with Gasteiger partial charge in [-0.2, -0.15) is 0 Å². The molecule has 26 heavy (non-hydrogen) atoms. The minimum atomic E-state index is -0.726. The molecule has 1 aromatic rings. The molecule has 1 aliphatic carbocycles. The summed E-state index contributed by atoms with van der Waals surface area (Å²) in [4.78, 5) is 0. The van der Waals surface area contributed by atoms with E-state index in [1.54, 1.807) is 0 Å². The van der Waals surface area contributed by atoms with Crippen molar-refractivity contribution in [2.24, 2.45) is 11.8 Å². The first kappa shape index (κ1) is 17.1. The maximum absolute atomic E-state index is 6.33. The highest BCUT2D eigenvalue weighted by atomic mass is 16.9. The fourth-order valence-electron chi connectivity index (χ4n) is 4.63. The Morgan fingerprint density at radius 3 is 2.38 bits per heavy atom. The molecule has 1 saturated carbocycles. The highest BCUT2D eigenvalue weighted by Gasteiger charge is 2.82. The van der Waals surface area contributed by atoms with Crippen molar-refractivity contribution in [3.63, 3.8) is 0 Å². The van der Waals surface area contributed by atoms with Crippen molar-refractivity contribution in [1.29, 1.82) is 0 Å². The molecule has 1 aromatic carbocycles. The first-order valence-electron chi connectivity index (χ1n) is 9.33. The maximum atomic E-state index is 6.33. The summed E-state index contributed by atoms with van der Waals surface area (Å²) in [5.74, 6) is -1.78.